The molecule has 0 atom stereocenters. The van der Waals surface area contributed by atoms with Gasteiger partial charge in [-0.3, -0.25) is 0 Å². The molecular weight excluding hydrogens is 264 g/mol. The van der Waals surface area contributed by atoms with E-state index in [-0.39, 0.29) is 5.41 Å². The largest absolute Gasteiger partial charge is 0.0654 e. The molecule has 0 saturated carbocycles. The molecular formula is C22H30. The predicted molar refractivity (Wildman–Crippen MR) is 97.3 cm³/mol. The van der Waals surface area contributed by atoms with Crippen molar-refractivity contribution in [3.05, 3.63) is 71.8 Å². The van der Waals surface area contributed by atoms with Crippen LogP contribution in [-0.2, 0) is 5.41 Å². The lowest BCUT2D eigenvalue weighted by molar-refractivity contribution is 0.472. The van der Waals surface area contributed by atoms with Gasteiger partial charge in [-0.15, -0.1) is 0 Å². The molecule has 0 heterocycles. The van der Waals surface area contributed by atoms with Gasteiger partial charge < -0.3 is 0 Å². The Morgan fingerprint density at radius 2 is 1.09 bits per heavy atom. The van der Waals surface area contributed by atoms with Crippen molar-refractivity contribution < 1.29 is 0 Å². The highest BCUT2D eigenvalue weighted by Gasteiger charge is 2.27. The van der Waals surface area contributed by atoms with Gasteiger partial charge in [-0.05, 0) is 17.5 Å². The lowest BCUT2D eigenvalue weighted by Crippen LogP contribution is -2.23. The Balaban J connectivity index is 2.07. The highest BCUT2D eigenvalue weighted by Crippen LogP contribution is 2.36. The van der Waals surface area contributed by atoms with Crippen LogP contribution in [0, 0.1) is 0 Å². The summed E-state index contributed by atoms with van der Waals surface area (Å²) in [6.45, 7) is 4.69. The van der Waals surface area contributed by atoms with Gasteiger partial charge >= 0.3 is 0 Å². The zero-order valence-electron chi connectivity index (χ0n) is 14.2. The standard InChI is InChI=1S/C22H30/c1-3-4-5-6-7-14-19-22(2,20-15-10-8-11-16-20)21-17-12-9-13-18-21/h8-13,15-18H,3-7,14,19H2,1-2H3. The molecule has 0 radical (unpaired) electrons. The van der Waals surface area contributed by atoms with Gasteiger partial charge in [0.05, 0.1) is 0 Å². The van der Waals surface area contributed by atoms with Gasteiger partial charge in [0.25, 0.3) is 0 Å². The van der Waals surface area contributed by atoms with E-state index in [2.05, 4.69) is 74.5 Å². The molecule has 0 heteroatoms. The van der Waals surface area contributed by atoms with Crippen LogP contribution < -0.4 is 0 Å². The third-order valence-electron chi connectivity index (χ3n) is 4.85. The second-order valence-electron chi connectivity index (χ2n) is 6.58. The molecule has 0 aromatic heterocycles. The van der Waals surface area contributed by atoms with Crippen LogP contribution >= 0.6 is 0 Å². The quantitative estimate of drug-likeness (QED) is 0.449. The number of benzene rings is 2. The number of hydrogen-bond donors (Lipinski definition) is 0. The van der Waals surface area contributed by atoms with Crippen LogP contribution in [0.2, 0.25) is 0 Å². The van der Waals surface area contributed by atoms with Gasteiger partial charge in [0.1, 0.15) is 0 Å². The topological polar surface area (TPSA) is 0 Å². The minimum Gasteiger partial charge on any atom is -0.0654 e. The van der Waals surface area contributed by atoms with E-state index in [4.69, 9.17) is 0 Å². The summed E-state index contributed by atoms with van der Waals surface area (Å²) in [4.78, 5) is 0. The third kappa shape index (κ3) is 4.47. The smallest absolute Gasteiger partial charge is 0.0174 e. The summed E-state index contributed by atoms with van der Waals surface area (Å²) in [5.41, 5.74) is 3.01. The van der Waals surface area contributed by atoms with Gasteiger partial charge in [0.2, 0.25) is 0 Å². The van der Waals surface area contributed by atoms with Crippen LogP contribution in [0.5, 0.6) is 0 Å². The van der Waals surface area contributed by atoms with Crippen molar-refractivity contribution in [1.29, 1.82) is 0 Å². The van der Waals surface area contributed by atoms with E-state index in [9.17, 15) is 0 Å². The molecule has 0 bridgehead atoms. The molecule has 2 aromatic rings. The summed E-state index contributed by atoms with van der Waals surface area (Å²) in [5, 5.41) is 0. The molecule has 2 aromatic carbocycles. The monoisotopic (exact) mass is 294 g/mol. The first kappa shape index (κ1) is 16.8. The summed E-state index contributed by atoms with van der Waals surface area (Å²) >= 11 is 0. The van der Waals surface area contributed by atoms with Gasteiger partial charge in [0.15, 0.2) is 0 Å². The molecule has 0 aliphatic carbocycles. The van der Waals surface area contributed by atoms with E-state index in [0.29, 0.717) is 0 Å². The Morgan fingerprint density at radius 1 is 0.636 bits per heavy atom. The highest BCUT2D eigenvalue weighted by atomic mass is 14.3. The minimum atomic E-state index is 0.132. The zero-order valence-corrected chi connectivity index (χ0v) is 14.2. The SMILES string of the molecule is CCCCCCCCC(C)(c1ccccc1)c1ccccc1. The van der Waals surface area contributed by atoms with E-state index in [0.717, 1.165) is 0 Å². The first-order valence-electron chi connectivity index (χ1n) is 8.88. The van der Waals surface area contributed by atoms with E-state index in [1.165, 1.54) is 56.1 Å². The highest BCUT2D eigenvalue weighted by molar-refractivity contribution is 5.38. The lowest BCUT2D eigenvalue weighted by Gasteiger charge is -2.31. The van der Waals surface area contributed by atoms with Crippen LogP contribution in [-0.4, -0.2) is 0 Å². The second-order valence-corrected chi connectivity index (χ2v) is 6.58. The van der Waals surface area contributed by atoms with Gasteiger partial charge in [-0.25, -0.2) is 0 Å². The minimum absolute atomic E-state index is 0.132. The first-order valence-corrected chi connectivity index (χ1v) is 8.88. The van der Waals surface area contributed by atoms with Crippen molar-refractivity contribution in [3.8, 4) is 0 Å². The van der Waals surface area contributed by atoms with Gasteiger partial charge in [-0.1, -0.05) is 113 Å². The molecule has 22 heavy (non-hydrogen) atoms. The van der Waals surface area contributed by atoms with Crippen LogP contribution in [0.3, 0.4) is 0 Å². The Morgan fingerprint density at radius 3 is 1.59 bits per heavy atom. The summed E-state index contributed by atoms with van der Waals surface area (Å²) in [6.07, 6.45) is 9.38. The molecule has 0 aliphatic heterocycles. The zero-order chi connectivity index (χ0) is 15.7. The Labute approximate surface area is 136 Å². The Bertz CT molecular complexity index is 473. The maximum absolute atomic E-state index is 2.41. The van der Waals surface area contributed by atoms with Crippen molar-refractivity contribution in [2.75, 3.05) is 0 Å². The van der Waals surface area contributed by atoms with Gasteiger partial charge in [-0.2, -0.15) is 0 Å². The Hall–Kier alpha value is -1.56. The van der Waals surface area contributed by atoms with Crippen LogP contribution in [0.15, 0.2) is 60.7 Å². The van der Waals surface area contributed by atoms with Crippen molar-refractivity contribution in [1.82, 2.24) is 0 Å². The molecule has 0 amide bonds. The normalized spacial score (nSPS) is 11.5. The van der Waals surface area contributed by atoms with Gasteiger partial charge in [0, 0.05) is 5.41 Å². The maximum Gasteiger partial charge on any atom is 0.0174 e. The molecule has 0 aliphatic rings. The van der Waals surface area contributed by atoms with E-state index < -0.39 is 0 Å². The Kier molecular flexibility index (Phi) is 6.71. The average molecular weight is 294 g/mol. The fraction of sp³-hybridized carbons (Fsp3) is 0.455. The summed E-state index contributed by atoms with van der Waals surface area (Å²) in [5.74, 6) is 0. The fourth-order valence-electron chi connectivity index (χ4n) is 3.33. The molecule has 118 valence electrons. The van der Waals surface area contributed by atoms with Crippen LogP contribution in [0.25, 0.3) is 0 Å². The first-order chi connectivity index (χ1) is 10.8. The van der Waals surface area contributed by atoms with Crippen LogP contribution in [0.4, 0.5) is 0 Å². The van der Waals surface area contributed by atoms with Crippen molar-refractivity contribution in [2.24, 2.45) is 0 Å². The average Bonchev–Trinajstić information content (AvgIpc) is 2.59. The fourth-order valence-corrected chi connectivity index (χ4v) is 3.33. The number of hydrogen-bond acceptors (Lipinski definition) is 0. The van der Waals surface area contributed by atoms with E-state index >= 15 is 0 Å². The summed E-state index contributed by atoms with van der Waals surface area (Å²) < 4.78 is 0. The lowest BCUT2D eigenvalue weighted by atomic mass is 9.72. The predicted octanol–water partition coefficient (Wildman–Crippen LogP) is 6.74. The second kappa shape index (κ2) is 8.78. The molecule has 0 N–H and O–H groups in total. The molecule has 0 saturated heterocycles. The molecule has 0 spiro atoms. The maximum atomic E-state index is 2.41. The molecule has 2 rings (SSSR count). The molecule has 0 fully saturated rings. The van der Waals surface area contributed by atoms with Crippen molar-refractivity contribution in [3.63, 3.8) is 0 Å². The van der Waals surface area contributed by atoms with Crippen LogP contribution in [0.1, 0.15) is 69.9 Å². The van der Waals surface area contributed by atoms with E-state index in [1.807, 2.05) is 0 Å². The number of unbranched alkanes of at least 4 members (excludes halogenated alkanes) is 5. The van der Waals surface area contributed by atoms with E-state index in [1.54, 1.807) is 0 Å². The summed E-state index contributed by atoms with van der Waals surface area (Å²) in [7, 11) is 0. The van der Waals surface area contributed by atoms with Crippen molar-refractivity contribution >= 4 is 0 Å². The summed E-state index contributed by atoms with van der Waals surface area (Å²) in [6, 6.07) is 22.0. The third-order valence-corrected chi connectivity index (χ3v) is 4.85. The molecule has 0 nitrogen and oxygen atoms in total. The number of rotatable bonds is 9. The van der Waals surface area contributed by atoms with Crippen molar-refractivity contribution in [2.45, 2.75) is 64.2 Å². The molecule has 0 unspecified atom stereocenters.